The first-order valence-electron chi connectivity index (χ1n) is 8.69. The van der Waals surface area contributed by atoms with Crippen LogP contribution < -0.4 is 0 Å². The highest BCUT2D eigenvalue weighted by Gasteiger charge is 2.62. The van der Waals surface area contributed by atoms with E-state index in [2.05, 4.69) is 6.58 Å². The molecule has 0 radical (unpaired) electrons. The van der Waals surface area contributed by atoms with E-state index in [1.54, 1.807) is 13.0 Å². The summed E-state index contributed by atoms with van der Waals surface area (Å²) in [6.07, 6.45) is -0.130. The van der Waals surface area contributed by atoms with E-state index >= 15 is 0 Å². The molecule has 0 spiro atoms. The van der Waals surface area contributed by atoms with Gasteiger partial charge in [-0.25, -0.2) is 4.79 Å². The number of carbonyl (C=O) groups is 3. The van der Waals surface area contributed by atoms with Crippen molar-refractivity contribution in [3.05, 3.63) is 23.8 Å². The minimum atomic E-state index is -1.48. The third kappa shape index (κ3) is 2.84. The summed E-state index contributed by atoms with van der Waals surface area (Å²) >= 11 is 0. The van der Waals surface area contributed by atoms with Crippen molar-refractivity contribution in [1.82, 2.24) is 0 Å². The molecule has 3 rings (SSSR count). The summed E-state index contributed by atoms with van der Waals surface area (Å²) in [5, 5.41) is 11.4. The van der Waals surface area contributed by atoms with Gasteiger partial charge in [-0.2, -0.15) is 0 Å². The molecule has 3 aliphatic rings. The van der Waals surface area contributed by atoms with Crippen LogP contribution in [0.25, 0.3) is 0 Å². The average Bonchev–Trinajstić information content (AvgIpc) is 2.93. The highest BCUT2D eigenvalue weighted by Crippen LogP contribution is 2.53. The molecule has 2 fully saturated rings. The molecule has 1 aliphatic heterocycles. The second kappa shape index (κ2) is 6.23. The van der Waals surface area contributed by atoms with Crippen molar-refractivity contribution in [1.29, 1.82) is 0 Å². The van der Waals surface area contributed by atoms with Crippen LogP contribution in [0, 0.1) is 17.8 Å². The van der Waals surface area contributed by atoms with Crippen LogP contribution in [-0.2, 0) is 28.6 Å². The van der Waals surface area contributed by atoms with Crippen molar-refractivity contribution in [3.63, 3.8) is 0 Å². The molecule has 0 aromatic heterocycles. The lowest BCUT2D eigenvalue weighted by Crippen LogP contribution is -2.53. The normalized spacial score (nSPS) is 41.5. The van der Waals surface area contributed by atoms with E-state index in [-0.39, 0.29) is 18.3 Å². The SMILES string of the molecule is C=C1C(=O)O[C@H]2[C@H]3C(C)=C[C@H](OC(C)=O)[C@H]3[C@](C)(O)[C@H](OC(C)=O)C[C@@H]12. The van der Waals surface area contributed by atoms with Gasteiger partial charge in [-0.05, 0) is 26.3 Å². The molecule has 0 unspecified atom stereocenters. The second-order valence-electron chi connectivity index (χ2n) is 7.60. The van der Waals surface area contributed by atoms with E-state index in [4.69, 9.17) is 14.2 Å². The maximum Gasteiger partial charge on any atom is 0.334 e. The van der Waals surface area contributed by atoms with Crippen molar-refractivity contribution >= 4 is 17.9 Å². The van der Waals surface area contributed by atoms with Gasteiger partial charge in [-0.1, -0.05) is 12.2 Å². The Labute approximate surface area is 152 Å². The molecule has 1 heterocycles. The monoisotopic (exact) mass is 364 g/mol. The average molecular weight is 364 g/mol. The zero-order chi connectivity index (χ0) is 19.4. The Kier molecular flexibility index (Phi) is 4.46. The maximum absolute atomic E-state index is 12.1. The van der Waals surface area contributed by atoms with Crippen molar-refractivity contribution in [3.8, 4) is 0 Å². The topological polar surface area (TPSA) is 99.1 Å². The summed E-state index contributed by atoms with van der Waals surface area (Å²) in [4.78, 5) is 35.3. The number of hydrogen-bond donors (Lipinski definition) is 1. The molecule has 0 aromatic rings. The fraction of sp³-hybridized carbons (Fsp3) is 0.632. The number of aliphatic hydroxyl groups is 1. The van der Waals surface area contributed by atoms with E-state index < -0.39 is 47.7 Å². The summed E-state index contributed by atoms with van der Waals surface area (Å²) < 4.78 is 16.4. The molecule has 1 N–H and O–H groups in total. The predicted octanol–water partition coefficient (Wildman–Crippen LogP) is 1.29. The zero-order valence-corrected chi connectivity index (χ0v) is 15.4. The van der Waals surface area contributed by atoms with Crippen LogP contribution in [0.4, 0.5) is 0 Å². The van der Waals surface area contributed by atoms with Gasteiger partial charge in [0, 0.05) is 37.2 Å². The molecule has 7 atom stereocenters. The molecule has 7 nitrogen and oxygen atoms in total. The van der Waals surface area contributed by atoms with Gasteiger partial charge in [-0.15, -0.1) is 0 Å². The van der Waals surface area contributed by atoms with Gasteiger partial charge in [0.2, 0.25) is 0 Å². The molecule has 1 saturated carbocycles. The van der Waals surface area contributed by atoms with Gasteiger partial charge in [0.05, 0.1) is 0 Å². The highest BCUT2D eigenvalue weighted by molar-refractivity contribution is 5.91. The lowest BCUT2D eigenvalue weighted by molar-refractivity contribution is -0.181. The highest BCUT2D eigenvalue weighted by atomic mass is 16.6. The minimum Gasteiger partial charge on any atom is -0.459 e. The van der Waals surface area contributed by atoms with Crippen LogP contribution in [0.5, 0.6) is 0 Å². The van der Waals surface area contributed by atoms with Gasteiger partial charge < -0.3 is 19.3 Å². The molecular formula is C19H24O7. The van der Waals surface area contributed by atoms with Gasteiger partial charge in [0.15, 0.2) is 0 Å². The zero-order valence-electron chi connectivity index (χ0n) is 15.4. The Hall–Kier alpha value is -2.15. The number of rotatable bonds is 2. The van der Waals surface area contributed by atoms with Crippen molar-refractivity contribution in [2.24, 2.45) is 17.8 Å². The van der Waals surface area contributed by atoms with Crippen LogP contribution in [-0.4, -0.2) is 46.9 Å². The Morgan fingerprint density at radius 2 is 1.92 bits per heavy atom. The first-order valence-corrected chi connectivity index (χ1v) is 8.69. The summed E-state index contributed by atoms with van der Waals surface area (Å²) in [6.45, 7) is 9.82. The van der Waals surface area contributed by atoms with E-state index in [0.717, 1.165) is 5.57 Å². The molecule has 26 heavy (non-hydrogen) atoms. The quantitative estimate of drug-likeness (QED) is 0.341. The van der Waals surface area contributed by atoms with E-state index in [9.17, 15) is 19.5 Å². The molecule has 0 aromatic carbocycles. The van der Waals surface area contributed by atoms with Crippen LogP contribution >= 0.6 is 0 Å². The van der Waals surface area contributed by atoms with Gasteiger partial charge >= 0.3 is 17.9 Å². The third-order valence-corrected chi connectivity index (χ3v) is 5.80. The molecule has 7 heteroatoms. The maximum atomic E-state index is 12.1. The number of ether oxygens (including phenoxy) is 3. The predicted molar refractivity (Wildman–Crippen MR) is 89.6 cm³/mol. The Morgan fingerprint density at radius 3 is 2.50 bits per heavy atom. The number of esters is 3. The molecular weight excluding hydrogens is 340 g/mol. The van der Waals surface area contributed by atoms with Gasteiger partial charge in [0.1, 0.15) is 23.9 Å². The summed E-state index contributed by atoms with van der Waals surface area (Å²) in [7, 11) is 0. The molecule has 0 amide bonds. The fourth-order valence-electron chi connectivity index (χ4n) is 4.70. The van der Waals surface area contributed by atoms with E-state index in [1.165, 1.54) is 13.8 Å². The summed E-state index contributed by atoms with van der Waals surface area (Å²) in [5.41, 5.74) is -0.309. The fourth-order valence-corrected chi connectivity index (χ4v) is 4.70. The van der Waals surface area contributed by atoms with E-state index in [0.29, 0.717) is 5.57 Å². The van der Waals surface area contributed by atoms with Crippen molar-refractivity contribution in [2.45, 2.75) is 58.0 Å². The van der Waals surface area contributed by atoms with E-state index in [1.807, 2.05) is 6.92 Å². The van der Waals surface area contributed by atoms with Gasteiger partial charge in [0.25, 0.3) is 0 Å². The Bertz CT molecular complexity index is 705. The van der Waals surface area contributed by atoms with Crippen LogP contribution in [0.3, 0.4) is 0 Å². The van der Waals surface area contributed by atoms with Crippen LogP contribution in [0.2, 0.25) is 0 Å². The standard InChI is InChI=1S/C19H24O7/c1-8-6-13(24-10(3)20)16-15(8)17-12(9(2)18(22)26-17)7-14(19(16,5)23)25-11(4)21/h6,12-17,23H,2,7H2,1,3-5H3/t12-,13-,14+,15-,16+,17+,19+/m0/s1. The Balaban J connectivity index is 2.08. The van der Waals surface area contributed by atoms with Crippen LogP contribution in [0.15, 0.2) is 23.8 Å². The number of carbonyl (C=O) groups excluding carboxylic acids is 3. The molecule has 0 bridgehead atoms. The van der Waals surface area contributed by atoms with Crippen molar-refractivity contribution in [2.75, 3.05) is 0 Å². The molecule has 142 valence electrons. The largest absolute Gasteiger partial charge is 0.459 e. The number of hydrogen-bond acceptors (Lipinski definition) is 7. The summed E-state index contributed by atoms with van der Waals surface area (Å²) in [5.74, 6) is -2.84. The Morgan fingerprint density at radius 1 is 1.31 bits per heavy atom. The first-order chi connectivity index (χ1) is 12.0. The smallest absolute Gasteiger partial charge is 0.334 e. The first kappa shape index (κ1) is 18.6. The lowest BCUT2D eigenvalue weighted by atomic mass is 9.74. The minimum absolute atomic E-state index is 0.217. The second-order valence-corrected chi connectivity index (χ2v) is 7.60. The van der Waals surface area contributed by atoms with Gasteiger partial charge in [-0.3, -0.25) is 9.59 Å². The van der Waals surface area contributed by atoms with Crippen LogP contribution in [0.1, 0.15) is 34.1 Å². The molecule has 1 saturated heterocycles. The summed E-state index contributed by atoms with van der Waals surface area (Å²) in [6, 6.07) is 0. The third-order valence-electron chi connectivity index (χ3n) is 5.80. The number of fused-ring (bicyclic) bond motifs is 3. The molecule has 2 aliphatic carbocycles. The van der Waals surface area contributed by atoms with Crippen molar-refractivity contribution < 1.29 is 33.7 Å². The lowest BCUT2D eigenvalue weighted by Gasteiger charge is -2.40.